The minimum atomic E-state index is -0.132. The molecular weight excluding hydrogens is 285 g/mol. The maximum atomic E-state index is 14.1. The van der Waals surface area contributed by atoms with Crippen LogP contribution in [0.5, 0.6) is 0 Å². The van der Waals surface area contributed by atoms with Crippen molar-refractivity contribution < 1.29 is 4.39 Å². The highest BCUT2D eigenvalue weighted by atomic mass is 35.5. The third-order valence-corrected chi connectivity index (χ3v) is 5.35. The van der Waals surface area contributed by atoms with Crippen LogP contribution in [0.4, 0.5) is 4.39 Å². The smallest absolute Gasteiger partial charge is 0.126 e. The van der Waals surface area contributed by atoms with Crippen LogP contribution in [0, 0.1) is 11.2 Å². The highest BCUT2D eigenvalue weighted by Crippen LogP contribution is 2.45. The van der Waals surface area contributed by atoms with Crippen molar-refractivity contribution in [2.45, 2.75) is 64.8 Å². The summed E-state index contributed by atoms with van der Waals surface area (Å²) in [5.74, 6) is -0.132. The lowest BCUT2D eigenvalue weighted by molar-refractivity contribution is 0.183. The molecule has 1 atom stereocenters. The Kier molecular flexibility index (Phi) is 6.07. The van der Waals surface area contributed by atoms with Crippen molar-refractivity contribution in [3.8, 4) is 0 Å². The lowest BCUT2D eigenvalue weighted by atomic mass is 9.74. The van der Waals surface area contributed by atoms with Gasteiger partial charge in [0.1, 0.15) is 5.82 Å². The Morgan fingerprint density at radius 2 is 2.00 bits per heavy atom. The second kappa shape index (κ2) is 7.60. The molecule has 21 heavy (non-hydrogen) atoms. The maximum Gasteiger partial charge on any atom is 0.126 e. The van der Waals surface area contributed by atoms with Crippen molar-refractivity contribution in [1.29, 1.82) is 0 Å². The molecule has 2 rings (SSSR count). The minimum absolute atomic E-state index is 0.132. The predicted octanol–water partition coefficient (Wildman–Crippen LogP) is 5.36. The van der Waals surface area contributed by atoms with Gasteiger partial charge in [-0.1, -0.05) is 38.3 Å². The molecule has 0 radical (unpaired) electrons. The summed E-state index contributed by atoms with van der Waals surface area (Å²) in [7, 11) is 0. The van der Waals surface area contributed by atoms with E-state index in [4.69, 9.17) is 11.6 Å². The SMILES string of the molecule is CCCNC(Cc1cc(Cl)ccc1F)C1(CC)CCCC1. The van der Waals surface area contributed by atoms with Crippen molar-refractivity contribution in [2.75, 3.05) is 6.54 Å². The molecule has 1 N–H and O–H groups in total. The van der Waals surface area contributed by atoms with Gasteiger partial charge < -0.3 is 5.32 Å². The quantitative estimate of drug-likeness (QED) is 0.714. The van der Waals surface area contributed by atoms with Crippen LogP contribution in [-0.4, -0.2) is 12.6 Å². The first-order valence-corrected chi connectivity index (χ1v) is 8.66. The van der Waals surface area contributed by atoms with Crippen molar-refractivity contribution in [3.05, 3.63) is 34.6 Å². The van der Waals surface area contributed by atoms with Gasteiger partial charge >= 0.3 is 0 Å². The Morgan fingerprint density at radius 1 is 1.29 bits per heavy atom. The van der Waals surface area contributed by atoms with Crippen molar-refractivity contribution in [2.24, 2.45) is 5.41 Å². The van der Waals surface area contributed by atoms with Crippen LogP contribution in [0.25, 0.3) is 0 Å². The van der Waals surface area contributed by atoms with E-state index >= 15 is 0 Å². The van der Waals surface area contributed by atoms with Crippen LogP contribution in [0.3, 0.4) is 0 Å². The average Bonchev–Trinajstić information content (AvgIpc) is 2.97. The average molecular weight is 312 g/mol. The van der Waals surface area contributed by atoms with Gasteiger partial charge in [0.2, 0.25) is 0 Å². The van der Waals surface area contributed by atoms with Crippen molar-refractivity contribution in [1.82, 2.24) is 5.32 Å². The van der Waals surface area contributed by atoms with Gasteiger partial charge in [-0.25, -0.2) is 4.39 Å². The van der Waals surface area contributed by atoms with Gasteiger partial charge in [-0.15, -0.1) is 0 Å². The second-order valence-corrected chi connectivity index (χ2v) is 6.81. The molecule has 118 valence electrons. The van der Waals surface area contributed by atoms with Crippen LogP contribution in [0.2, 0.25) is 5.02 Å². The van der Waals surface area contributed by atoms with Crippen LogP contribution in [-0.2, 0) is 6.42 Å². The Balaban J connectivity index is 2.21. The number of nitrogens with one attached hydrogen (secondary N) is 1. The molecule has 0 bridgehead atoms. The Labute approximate surface area is 133 Å². The van der Waals surface area contributed by atoms with Gasteiger partial charge in [-0.3, -0.25) is 0 Å². The fourth-order valence-corrected chi connectivity index (χ4v) is 3.97. The molecule has 1 aromatic rings. The zero-order valence-electron chi connectivity index (χ0n) is 13.2. The first kappa shape index (κ1) is 16.8. The van der Waals surface area contributed by atoms with Crippen LogP contribution >= 0.6 is 11.6 Å². The van der Waals surface area contributed by atoms with Crippen molar-refractivity contribution in [3.63, 3.8) is 0 Å². The van der Waals surface area contributed by atoms with E-state index in [2.05, 4.69) is 19.2 Å². The van der Waals surface area contributed by atoms with Gasteiger partial charge in [0.05, 0.1) is 0 Å². The minimum Gasteiger partial charge on any atom is -0.313 e. The molecule has 1 aliphatic carbocycles. The normalized spacial score (nSPS) is 18.9. The van der Waals surface area contributed by atoms with E-state index < -0.39 is 0 Å². The summed E-state index contributed by atoms with van der Waals surface area (Å²) in [6.07, 6.45) is 8.12. The molecule has 1 fully saturated rings. The lowest BCUT2D eigenvalue weighted by Crippen LogP contribution is -2.45. The predicted molar refractivity (Wildman–Crippen MR) is 88.4 cm³/mol. The van der Waals surface area contributed by atoms with Crippen LogP contribution in [0.1, 0.15) is 57.9 Å². The first-order valence-electron chi connectivity index (χ1n) is 8.28. The van der Waals surface area contributed by atoms with Gasteiger partial charge in [-0.2, -0.15) is 0 Å². The summed E-state index contributed by atoms with van der Waals surface area (Å²) in [5, 5.41) is 4.31. The third kappa shape index (κ3) is 3.98. The van der Waals surface area contributed by atoms with E-state index in [0.717, 1.165) is 31.4 Å². The molecule has 1 unspecified atom stereocenters. The van der Waals surface area contributed by atoms with Gasteiger partial charge in [0.15, 0.2) is 0 Å². The van der Waals surface area contributed by atoms with Crippen molar-refractivity contribution >= 4 is 11.6 Å². The molecule has 0 spiro atoms. The fraction of sp³-hybridized carbons (Fsp3) is 0.667. The Hall–Kier alpha value is -0.600. The molecule has 0 aliphatic heterocycles. The standard InChI is InChI=1S/C18H27ClFN/c1-3-11-21-17(18(4-2)9-5-6-10-18)13-14-12-15(19)7-8-16(14)20/h7-8,12,17,21H,3-6,9-11,13H2,1-2H3. The highest BCUT2D eigenvalue weighted by Gasteiger charge is 2.39. The summed E-state index contributed by atoms with van der Waals surface area (Å²) in [6.45, 7) is 5.45. The van der Waals surface area contributed by atoms with E-state index in [9.17, 15) is 4.39 Å². The lowest BCUT2D eigenvalue weighted by Gasteiger charge is -2.38. The maximum absolute atomic E-state index is 14.1. The molecule has 3 heteroatoms. The monoisotopic (exact) mass is 311 g/mol. The molecule has 1 nitrogen and oxygen atoms in total. The summed E-state index contributed by atoms with van der Waals surface area (Å²) in [4.78, 5) is 0. The highest BCUT2D eigenvalue weighted by molar-refractivity contribution is 6.30. The zero-order chi connectivity index (χ0) is 15.3. The molecule has 1 saturated carbocycles. The fourth-order valence-electron chi connectivity index (χ4n) is 3.77. The summed E-state index contributed by atoms with van der Waals surface area (Å²) in [5.41, 5.74) is 1.07. The number of halogens is 2. The van der Waals surface area contributed by atoms with Crippen LogP contribution in [0.15, 0.2) is 18.2 Å². The molecule has 0 aromatic heterocycles. The zero-order valence-corrected chi connectivity index (χ0v) is 14.0. The Bertz CT molecular complexity index is 455. The number of rotatable bonds is 7. The topological polar surface area (TPSA) is 12.0 Å². The molecule has 1 aromatic carbocycles. The third-order valence-electron chi connectivity index (χ3n) is 5.12. The van der Waals surface area contributed by atoms with E-state index in [1.807, 2.05) is 0 Å². The van der Waals surface area contributed by atoms with Gasteiger partial charge in [0.25, 0.3) is 0 Å². The van der Waals surface area contributed by atoms with Gasteiger partial charge in [0, 0.05) is 11.1 Å². The summed E-state index contributed by atoms with van der Waals surface area (Å²) >= 11 is 6.05. The first-order chi connectivity index (χ1) is 10.1. The van der Waals surface area contributed by atoms with E-state index in [-0.39, 0.29) is 5.82 Å². The molecule has 0 saturated heterocycles. The molecule has 1 aliphatic rings. The molecular formula is C18H27ClFN. The second-order valence-electron chi connectivity index (χ2n) is 6.37. The van der Waals surface area contributed by atoms with E-state index in [0.29, 0.717) is 16.5 Å². The summed E-state index contributed by atoms with van der Waals surface area (Å²) < 4.78 is 14.1. The Morgan fingerprint density at radius 3 is 2.62 bits per heavy atom. The number of hydrogen-bond donors (Lipinski definition) is 1. The molecule has 0 amide bonds. The summed E-state index contributed by atoms with van der Waals surface area (Å²) in [6, 6.07) is 5.25. The largest absolute Gasteiger partial charge is 0.313 e. The van der Waals surface area contributed by atoms with E-state index in [1.54, 1.807) is 12.1 Å². The van der Waals surface area contributed by atoms with Crippen LogP contribution < -0.4 is 5.32 Å². The van der Waals surface area contributed by atoms with E-state index in [1.165, 1.54) is 31.7 Å². The van der Waals surface area contributed by atoms with Gasteiger partial charge in [-0.05, 0) is 67.8 Å². The molecule has 0 heterocycles. The number of hydrogen-bond acceptors (Lipinski definition) is 1. The number of benzene rings is 1.